The predicted octanol–water partition coefficient (Wildman–Crippen LogP) is 3.03. The Kier molecular flexibility index (Phi) is 8.16. The van der Waals surface area contributed by atoms with Crippen molar-refractivity contribution in [3.05, 3.63) is 23.8 Å². The molecule has 0 saturated heterocycles. The molecular weight excluding hydrogens is 268 g/mol. The van der Waals surface area contributed by atoms with Gasteiger partial charge in [-0.25, -0.2) is 0 Å². The van der Waals surface area contributed by atoms with Gasteiger partial charge in [0.05, 0.1) is 19.3 Å². The average molecular weight is 296 g/mol. The molecule has 0 unspecified atom stereocenters. The second-order valence-corrected chi connectivity index (χ2v) is 5.58. The molecule has 0 aliphatic heterocycles. The van der Waals surface area contributed by atoms with Crippen LogP contribution >= 0.6 is 0 Å². The number of benzene rings is 1. The van der Waals surface area contributed by atoms with Crippen LogP contribution < -0.4 is 4.74 Å². The molecule has 120 valence electrons. The number of aromatic hydroxyl groups is 1. The van der Waals surface area contributed by atoms with E-state index in [1.165, 1.54) is 7.11 Å². The topological polar surface area (TPSA) is 69.9 Å². The van der Waals surface area contributed by atoms with Crippen LogP contribution in [0, 0.1) is 0 Å². The van der Waals surface area contributed by atoms with E-state index in [1.54, 1.807) is 12.1 Å². The van der Waals surface area contributed by atoms with Gasteiger partial charge < -0.3 is 20.1 Å². The minimum atomic E-state index is -0.508. The van der Waals surface area contributed by atoms with Crippen molar-refractivity contribution in [1.82, 2.24) is 0 Å². The van der Waals surface area contributed by atoms with Crippen molar-refractivity contribution in [1.29, 1.82) is 0 Å². The van der Waals surface area contributed by atoms with E-state index in [-0.39, 0.29) is 5.75 Å². The van der Waals surface area contributed by atoms with Crippen molar-refractivity contribution in [3.8, 4) is 11.5 Å². The molecule has 0 aliphatic carbocycles. The molecule has 1 rings (SSSR count). The maximum absolute atomic E-state index is 9.96. The molecule has 4 heteroatoms. The van der Waals surface area contributed by atoms with Gasteiger partial charge in [-0.1, -0.05) is 32.3 Å². The van der Waals surface area contributed by atoms with Gasteiger partial charge in [0, 0.05) is 0 Å². The number of phenolic OH excluding ortho intramolecular Hbond substituents is 1. The molecule has 3 N–H and O–H groups in total. The SMILES string of the molecule is CCCCC[C@H](O)C[C@H](O)CCc1ccc(OC)c(O)c1. The number of hydrogen-bond donors (Lipinski definition) is 3. The Hall–Kier alpha value is -1.26. The monoisotopic (exact) mass is 296 g/mol. The number of hydrogen-bond acceptors (Lipinski definition) is 4. The van der Waals surface area contributed by atoms with Crippen LogP contribution in [0.15, 0.2) is 18.2 Å². The fourth-order valence-electron chi connectivity index (χ4n) is 2.40. The fraction of sp³-hybridized carbons (Fsp3) is 0.647. The molecular formula is C17H28O4. The number of phenols is 1. The fourth-order valence-corrected chi connectivity index (χ4v) is 2.40. The number of methoxy groups -OCH3 is 1. The predicted molar refractivity (Wildman–Crippen MR) is 83.8 cm³/mol. The molecule has 0 bridgehead atoms. The van der Waals surface area contributed by atoms with Crippen molar-refractivity contribution in [2.45, 2.75) is 64.1 Å². The Morgan fingerprint density at radius 3 is 2.43 bits per heavy atom. The highest BCUT2D eigenvalue weighted by atomic mass is 16.5. The second-order valence-electron chi connectivity index (χ2n) is 5.58. The van der Waals surface area contributed by atoms with Crippen LogP contribution in [-0.4, -0.2) is 34.6 Å². The van der Waals surface area contributed by atoms with Crippen LogP contribution in [0.1, 0.15) is 51.0 Å². The van der Waals surface area contributed by atoms with Crippen LogP contribution in [0.3, 0.4) is 0 Å². The summed E-state index contributed by atoms with van der Waals surface area (Å²) in [6, 6.07) is 5.25. The summed E-state index contributed by atoms with van der Waals surface area (Å²) < 4.78 is 4.99. The van der Waals surface area contributed by atoms with E-state index < -0.39 is 12.2 Å². The first-order valence-electron chi connectivity index (χ1n) is 7.78. The third-order valence-electron chi connectivity index (χ3n) is 3.69. The van der Waals surface area contributed by atoms with Crippen molar-refractivity contribution < 1.29 is 20.1 Å². The lowest BCUT2D eigenvalue weighted by Crippen LogP contribution is -2.18. The molecule has 0 fully saturated rings. The van der Waals surface area contributed by atoms with Gasteiger partial charge in [-0.3, -0.25) is 0 Å². The highest BCUT2D eigenvalue weighted by molar-refractivity contribution is 5.41. The third-order valence-corrected chi connectivity index (χ3v) is 3.69. The largest absolute Gasteiger partial charge is 0.504 e. The highest BCUT2D eigenvalue weighted by Gasteiger charge is 2.12. The van der Waals surface area contributed by atoms with Crippen molar-refractivity contribution in [2.75, 3.05) is 7.11 Å². The van der Waals surface area contributed by atoms with Gasteiger partial charge in [0.25, 0.3) is 0 Å². The molecule has 2 atom stereocenters. The lowest BCUT2D eigenvalue weighted by Gasteiger charge is -2.15. The zero-order valence-corrected chi connectivity index (χ0v) is 13.1. The minimum absolute atomic E-state index is 0.115. The van der Waals surface area contributed by atoms with Gasteiger partial charge in [0.1, 0.15) is 0 Å². The first-order chi connectivity index (χ1) is 10.1. The van der Waals surface area contributed by atoms with Crippen LogP contribution in [0.2, 0.25) is 0 Å². The maximum atomic E-state index is 9.96. The van der Waals surface area contributed by atoms with Gasteiger partial charge in [0.2, 0.25) is 0 Å². The van der Waals surface area contributed by atoms with E-state index in [4.69, 9.17) is 4.74 Å². The maximum Gasteiger partial charge on any atom is 0.160 e. The van der Waals surface area contributed by atoms with Crippen molar-refractivity contribution >= 4 is 0 Å². The van der Waals surface area contributed by atoms with Crippen LogP contribution in [-0.2, 0) is 6.42 Å². The second kappa shape index (κ2) is 9.64. The Morgan fingerprint density at radius 2 is 1.81 bits per heavy atom. The lowest BCUT2D eigenvalue weighted by molar-refractivity contribution is 0.0698. The summed E-state index contributed by atoms with van der Waals surface area (Å²) in [5.74, 6) is 0.565. The first kappa shape index (κ1) is 17.8. The number of aliphatic hydroxyl groups is 2. The van der Waals surface area contributed by atoms with Gasteiger partial charge in [-0.05, 0) is 43.4 Å². The van der Waals surface area contributed by atoms with Crippen molar-refractivity contribution in [3.63, 3.8) is 0 Å². The van der Waals surface area contributed by atoms with Gasteiger partial charge in [-0.15, -0.1) is 0 Å². The van der Waals surface area contributed by atoms with Gasteiger partial charge >= 0.3 is 0 Å². The zero-order valence-electron chi connectivity index (χ0n) is 13.1. The average Bonchev–Trinajstić information content (AvgIpc) is 2.45. The van der Waals surface area contributed by atoms with Crippen LogP contribution in [0.25, 0.3) is 0 Å². The van der Waals surface area contributed by atoms with E-state index in [9.17, 15) is 15.3 Å². The quantitative estimate of drug-likeness (QED) is 0.580. The Labute approximate surface area is 127 Å². The third kappa shape index (κ3) is 6.82. The lowest BCUT2D eigenvalue weighted by atomic mass is 10.00. The number of unbranched alkanes of at least 4 members (excludes halogenated alkanes) is 2. The molecule has 0 heterocycles. The standard InChI is InChI=1S/C17H28O4/c1-3-4-5-6-14(18)12-15(19)9-7-13-8-10-17(21-2)16(20)11-13/h8,10-11,14-15,18-20H,3-7,9,12H2,1-2H3/t14-,15+/m0/s1. The number of rotatable bonds is 10. The van der Waals surface area contributed by atoms with Crippen molar-refractivity contribution in [2.24, 2.45) is 0 Å². The van der Waals surface area contributed by atoms with E-state index in [0.717, 1.165) is 31.2 Å². The molecule has 0 aliphatic rings. The number of aliphatic hydroxyl groups excluding tert-OH is 2. The number of aryl methyl sites for hydroxylation is 1. The normalized spacial score (nSPS) is 13.9. The summed E-state index contributed by atoms with van der Waals surface area (Å²) in [6.45, 7) is 2.13. The summed E-state index contributed by atoms with van der Waals surface area (Å²) in [6.07, 6.45) is 4.77. The van der Waals surface area contributed by atoms with Crippen LogP contribution in [0.5, 0.6) is 11.5 Å². The minimum Gasteiger partial charge on any atom is -0.504 e. The molecule has 0 saturated carbocycles. The van der Waals surface area contributed by atoms with Gasteiger partial charge in [0.15, 0.2) is 11.5 Å². The van der Waals surface area contributed by atoms with Gasteiger partial charge in [-0.2, -0.15) is 0 Å². The van der Waals surface area contributed by atoms with E-state index >= 15 is 0 Å². The van der Waals surface area contributed by atoms with Crippen LogP contribution in [0.4, 0.5) is 0 Å². The Bertz CT molecular complexity index is 406. The Morgan fingerprint density at radius 1 is 1.10 bits per heavy atom. The van der Waals surface area contributed by atoms with E-state index in [2.05, 4.69) is 6.92 Å². The molecule has 4 nitrogen and oxygen atoms in total. The molecule has 0 spiro atoms. The smallest absolute Gasteiger partial charge is 0.160 e. The summed E-state index contributed by atoms with van der Waals surface area (Å²) in [5, 5.41) is 29.5. The first-order valence-corrected chi connectivity index (χ1v) is 7.78. The zero-order chi connectivity index (χ0) is 15.7. The summed E-state index contributed by atoms with van der Waals surface area (Å²) >= 11 is 0. The Balaban J connectivity index is 2.32. The molecule has 21 heavy (non-hydrogen) atoms. The summed E-state index contributed by atoms with van der Waals surface area (Å²) in [7, 11) is 1.51. The molecule has 0 amide bonds. The van der Waals surface area contributed by atoms with E-state index in [0.29, 0.717) is 25.0 Å². The summed E-state index contributed by atoms with van der Waals surface area (Å²) in [4.78, 5) is 0. The summed E-state index contributed by atoms with van der Waals surface area (Å²) in [5.41, 5.74) is 0.952. The molecule has 1 aromatic rings. The van der Waals surface area contributed by atoms with E-state index in [1.807, 2.05) is 6.07 Å². The molecule has 0 aromatic heterocycles. The molecule has 1 aromatic carbocycles. The molecule has 0 radical (unpaired) electrons. The highest BCUT2D eigenvalue weighted by Crippen LogP contribution is 2.27. The number of ether oxygens (including phenoxy) is 1.